The first kappa shape index (κ1) is 28.3. The zero-order valence-electron chi connectivity index (χ0n) is 24.5. The van der Waals surface area contributed by atoms with Crippen molar-refractivity contribution in [2.45, 2.75) is 53.0 Å². The third-order valence-corrected chi connectivity index (χ3v) is 7.36. The molecule has 7 nitrogen and oxygen atoms in total. The van der Waals surface area contributed by atoms with Gasteiger partial charge in [0.25, 0.3) is 11.7 Å². The number of aryl methyl sites for hydroxylation is 1. The number of fused-ring (bicyclic) bond motifs is 1. The number of hydrogen-bond donors (Lipinski definition) is 1. The molecule has 0 aliphatic carbocycles. The molecule has 3 aromatic carbocycles. The van der Waals surface area contributed by atoms with Gasteiger partial charge in [0.2, 0.25) is 0 Å². The van der Waals surface area contributed by atoms with Crippen molar-refractivity contribution in [3.63, 3.8) is 0 Å². The number of ether oxygens (including phenoxy) is 3. The van der Waals surface area contributed by atoms with Crippen molar-refractivity contribution in [1.82, 2.24) is 0 Å². The van der Waals surface area contributed by atoms with Crippen LogP contribution in [0.25, 0.3) is 5.76 Å². The van der Waals surface area contributed by atoms with E-state index in [0.29, 0.717) is 59.8 Å². The molecule has 5 rings (SSSR count). The zero-order valence-corrected chi connectivity index (χ0v) is 24.5. The van der Waals surface area contributed by atoms with Crippen LogP contribution in [0.5, 0.6) is 17.2 Å². The summed E-state index contributed by atoms with van der Waals surface area (Å²) in [5.74, 6) is 0.460. The zero-order chi connectivity index (χ0) is 29.5. The van der Waals surface area contributed by atoms with Gasteiger partial charge in [-0.2, -0.15) is 0 Å². The van der Waals surface area contributed by atoms with E-state index in [-0.39, 0.29) is 16.7 Å². The maximum absolute atomic E-state index is 13.6. The smallest absolute Gasteiger partial charge is 0.300 e. The number of rotatable bonds is 6. The molecular weight excluding hydrogens is 518 g/mol. The number of aliphatic hydroxyl groups excluding tert-OH is 1. The van der Waals surface area contributed by atoms with Crippen molar-refractivity contribution in [1.29, 1.82) is 0 Å². The van der Waals surface area contributed by atoms with E-state index in [4.69, 9.17) is 14.2 Å². The van der Waals surface area contributed by atoms with Crippen molar-refractivity contribution < 1.29 is 28.9 Å². The lowest BCUT2D eigenvalue weighted by molar-refractivity contribution is -0.132. The third kappa shape index (κ3) is 5.53. The van der Waals surface area contributed by atoms with E-state index >= 15 is 0 Å². The van der Waals surface area contributed by atoms with Crippen molar-refractivity contribution in [2.75, 3.05) is 24.7 Å². The Labute approximate surface area is 241 Å². The van der Waals surface area contributed by atoms with Gasteiger partial charge in [-0.25, -0.2) is 0 Å². The molecule has 0 radical (unpaired) electrons. The fourth-order valence-corrected chi connectivity index (χ4v) is 5.13. The molecule has 0 aromatic heterocycles. The third-order valence-electron chi connectivity index (χ3n) is 7.36. The fraction of sp³-hybridized carbons (Fsp3) is 0.353. The minimum atomic E-state index is -0.844. The molecule has 3 aromatic rings. The van der Waals surface area contributed by atoms with Gasteiger partial charge in [0.05, 0.1) is 18.2 Å². The minimum Gasteiger partial charge on any atom is -0.507 e. The van der Waals surface area contributed by atoms with E-state index < -0.39 is 17.7 Å². The number of hydrogen-bond acceptors (Lipinski definition) is 6. The van der Waals surface area contributed by atoms with E-state index in [1.165, 1.54) is 4.90 Å². The number of carbonyl (C=O) groups is 2. The standard InChI is InChI=1S/C34H37NO6/c1-20(2)19-41-26-13-9-23(17-21(26)3)31(36)29-30(22-7-10-24(11-8-22)34(4,5)6)35(33(38)32(29)37)25-12-14-27-28(18-25)40-16-15-39-27/h7-14,17-18,20,30,36H,15-16,19H2,1-6H3/b31-29+. The molecule has 2 aliphatic rings. The first-order valence-electron chi connectivity index (χ1n) is 14.0. The first-order chi connectivity index (χ1) is 19.5. The van der Waals surface area contributed by atoms with Gasteiger partial charge in [0.1, 0.15) is 24.7 Å². The number of nitrogens with zero attached hydrogens (tertiary/aromatic N) is 1. The Balaban J connectivity index is 1.63. The quantitative estimate of drug-likeness (QED) is 0.206. The molecule has 0 saturated carbocycles. The molecule has 1 saturated heterocycles. The Kier molecular flexibility index (Phi) is 7.56. The van der Waals surface area contributed by atoms with Gasteiger partial charge < -0.3 is 19.3 Å². The molecule has 1 atom stereocenters. The Bertz CT molecular complexity index is 1510. The first-order valence-corrected chi connectivity index (χ1v) is 14.0. The predicted molar refractivity (Wildman–Crippen MR) is 159 cm³/mol. The van der Waals surface area contributed by atoms with Gasteiger partial charge >= 0.3 is 0 Å². The monoisotopic (exact) mass is 555 g/mol. The summed E-state index contributed by atoms with van der Waals surface area (Å²) in [7, 11) is 0. The van der Waals surface area contributed by atoms with E-state index in [2.05, 4.69) is 34.6 Å². The van der Waals surface area contributed by atoms with Crippen molar-refractivity contribution in [3.05, 3.63) is 88.5 Å². The molecule has 1 unspecified atom stereocenters. The molecule has 214 valence electrons. The molecule has 1 fully saturated rings. The summed E-state index contributed by atoms with van der Waals surface area (Å²) >= 11 is 0. The number of anilines is 1. The van der Waals surface area contributed by atoms with Crippen LogP contribution >= 0.6 is 0 Å². The van der Waals surface area contributed by atoms with Crippen LogP contribution in [-0.2, 0) is 15.0 Å². The number of ketones is 1. The second kappa shape index (κ2) is 11.0. The Morgan fingerprint density at radius 2 is 1.66 bits per heavy atom. The number of carbonyl (C=O) groups excluding carboxylic acids is 2. The topological polar surface area (TPSA) is 85.3 Å². The maximum Gasteiger partial charge on any atom is 0.300 e. The molecule has 2 heterocycles. The van der Waals surface area contributed by atoms with Crippen molar-refractivity contribution in [2.24, 2.45) is 5.92 Å². The second-order valence-electron chi connectivity index (χ2n) is 12.1. The van der Waals surface area contributed by atoms with Crippen molar-refractivity contribution in [3.8, 4) is 17.2 Å². The summed E-state index contributed by atoms with van der Waals surface area (Å²) < 4.78 is 17.3. The van der Waals surface area contributed by atoms with Crippen LogP contribution in [0.2, 0.25) is 0 Å². The highest BCUT2D eigenvalue weighted by Crippen LogP contribution is 2.45. The van der Waals surface area contributed by atoms with E-state index in [0.717, 1.165) is 11.1 Å². The molecule has 0 bridgehead atoms. The largest absolute Gasteiger partial charge is 0.507 e. The summed E-state index contributed by atoms with van der Waals surface area (Å²) in [5.41, 5.74) is 3.52. The highest BCUT2D eigenvalue weighted by Gasteiger charge is 2.47. The van der Waals surface area contributed by atoms with Crippen LogP contribution < -0.4 is 19.1 Å². The summed E-state index contributed by atoms with van der Waals surface area (Å²) in [6.45, 7) is 13.8. The van der Waals surface area contributed by atoms with E-state index in [1.54, 1.807) is 36.4 Å². The van der Waals surface area contributed by atoms with Gasteiger partial charge in [-0.05, 0) is 65.3 Å². The SMILES string of the molecule is Cc1cc(/C(O)=C2\C(=O)C(=O)N(c3ccc4c(c3)OCCO4)C2c2ccc(C(C)(C)C)cc2)ccc1OCC(C)C. The molecule has 7 heteroatoms. The molecule has 1 N–H and O–H groups in total. The molecule has 2 aliphatic heterocycles. The Morgan fingerprint density at radius 3 is 2.29 bits per heavy atom. The highest BCUT2D eigenvalue weighted by molar-refractivity contribution is 6.51. The molecule has 0 spiro atoms. The minimum absolute atomic E-state index is 0.0312. The van der Waals surface area contributed by atoms with Gasteiger partial charge in [0, 0.05) is 17.3 Å². The Hall–Kier alpha value is -4.26. The average Bonchev–Trinajstić information content (AvgIpc) is 3.21. The van der Waals surface area contributed by atoms with Gasteiger partial charge in [0.15, 0.2) is 11.5 Å². The van der Waals surface area contributed by atoms with Crippen LogP contribution in [0.1, 0.15) is 62.9 Å². The number of aliphatic hydroxyl groups is 1. The van der Waals surface area contributed by atoms with Gasteiger partial charge in [-0.15, -0.1) is 0 Å². The number of amides is 1. The lowest BCUT2D eigenvalue weighted by Gasteiger charge is -2.28. The normalized spacial score (nSPS) is 18.2. The second-order valence-corrected chi connectivity index (χ2v) is 12.1. The van der Waals surface area contributed by atoms with Crippen molar-refractivity contribution >= 4 is 23.1 Å². The number of benzene rings is 3. The number of Topliss-reactive ketones (excluding diaryl/α,β-unsaturated/α-hetero) is 1. The molecular formula is C34H37NO6. The van der Waals surface area contributed by atoms with Crippen LogP contribution in [0.4, 0.5) is 5.69 Å². The lowest BCUT2D eigenvalue weighted by Crippen LogP contribution is -2.29. The lowest BCUT2D eigenvalue weighted by atomic mass is 9.85. The maximum atomic E-state index is 13.6. The summed E-state index contributed by atoms with van der Waals surface area (Å²) in [6.07, 6.45) is 0. The van der Waals surface area contributed by atoms with Crippen LogP contribution in [0, 0.1) is 12.8 Å². The van der Waals surface area contributed by atoms with Crippen LogP contribution in [-0.4, -0.2) is 36.6 Å². The van der Waals surface area contributed by atoms with E-state index in [1.807, 2.05) is 31.2 Å². The Morgan fingerprint density at radius 1 is 0.976 bits per heavy atom. The summed E-state index contributed by atoms with van der Waals surface area (Å²) in [5, 5.41) is 11.6. The summed E-state index contributed by atoms with van der Waals surface area (Å²) in [6, 6.07) is 17.5. The molecule has 1 amide bonds. The van der Waals surface area contributed by atoms with Crippen LogP contribution in [0.3, 0.4) is 0 Å². The van der Waals surface area contributed by atoms with E-state index in [9.17, 15) is 14.7 Å². The predicted octanol–water partition coefficient (Wildman–Crippen LogP) is 6.72. The summed E-state index contributed by atoms with van der Waals surface area (Å²) in [4.78, 5) is 28.7. The fourth-order valence-electron chi connectivity index (χ4n) is 5.13. The molecule has 41 heavy (non-hydrogen) atoms. The van der Waals surface area contributed by atoms with Gasteiger partial charge in [-0.3, -0.25) is 14.5 Å². The van der Waals surface area contributed by atoms with Gasteiger partial charge in [-0.1, -0.05) is 58.9 Å². The van der Waals surface area contributed by atoms with Crippen LogP contribution in [0.15, 0.2) is 66.2 Å². The highest BCUT2D eigenvalue weighted by atomic mass is 16.6. The average molecular weight is 556 g/mol.